The minimum Gasteiger partial charge on any atom is -0.361 e. The van der Waals surface area contributed by atoms with Gasteiger partial charge in [-0.1, -0.05) is 67.8 Å². The molecular formula is C20H23NO. The van der Waals surface area contributed by atoms with Crippen LogP contribution in [0, 0.1) is 0 Å². The maximum atomic E-state index is 12.6. The first-order valence-corrected chi connectivity index (χ1v) is 8.24. The molecule has 0 aliphatic heterocycles. The Hall–Kier alpha value is -2.09. The Morgan fingerprint density at radius 3 is 2.09 bits per heavy atom. The van der Waals surface area contributed by atoms with Crippen molar-refractivity contribution in [3.8, 4) is 0 Å². The minimum absolute atomic E-state index is 0.204. The van der Waals surface area contributed by atoms with E-state index in [0.717, 1.165) is 5.56 Å². The van der Waals surface area contributed by atoms with E-state index in [1.54, 1.807) is 0 Å². The van der Waals surface area contributed by atoms with Crippen molar-refractivity contribution in [1.29, 1.82) is 0 Å². The Kier molecular flexibility index (Phi) is 4.89. The lowest BCUT2D eigenvalue weighted by Gasteiger charge is -2.35. The Balaban J connectivity index is 1.81. The Morgan fingerprint density at radius 2 is 1.45 bits per heavy atom. The number of carbonyl (C=O) groups is 1. The highest BCUT2D eigenvalue weighted by atomic mass is 16.1. The Morgan fingerprint density at radius 1 is 0.864 bits per heavy atom. The van der Waals surface area contributed by atoms with E-state index in [1.165, 1.54) is 37.8 Å². The molecule has 2 aromatic rings. The number of benzene rings is 2. The summed E-state index contributed by atoms with van der Waals surface area (Å²) < 4.78 is 0. The second-order valence-corrected chi connectivity index (χ2v) is 6.04. The molecule has 2 heteroatoms. The van der Waals surface area contributed by atoms with Crippen LogP contribution in [0.5, 0.6) is 0 Å². The fraction of sp³-hybridized carbons (Fsp3) is 0.350. The van der Waals surface area contributed by atoms with Gasteiger partial charge in [0.1, 0.15) is 0 Å². The number of ketones is 1. The third-order valence-corrected chi connectivity index (χ3v) is 4.51. The largest absolute Gasteiger partial charge is 0.361 e. The smallest absolute Gasteiger partial charge is 0.182 e. The molecule has 1 aliphatic carbocycles. The summed E-state index contributed by atoms with van der Waals surface area (Å²) in [6, 6.07) is 20.5. The van der Waals surface area contributed by atoms with E-state index in [0.29, 0.717) is 12.6 Å². The van der Waals surface area contributed by atoms with Gasteiger partial charge in [0.25, 0.3) is 0 Å². The molecule has 0 saturated heterocycles. The molecule has 2 nitrogen and oxygen atoms in total. The van der Waals surface area contributed by atoms with Gasteiger partial charge in [-0.05, 0) is 25.0 Å². The summed E-state index contributed by atoms with van der Waals surface area (Å²) in [5.74, 6) is 0.204. The molecular weight excluding hydrogens is 270 g/mol. The lowest BCUT2D eigenvalue weighted by Crippen LogP contribution is -2.40. The molecule has 0 spiro atoms. The van der Waals surface area contributed by atoms with Crippen LogP contribution in [0.4, 0.5) is 5.69 Å². The number of hydrogen-bond donors (Lipinski definition) is 0. The summed E-state index contributed by atoms with van der Waals surface area (Å²) in [4.78, 5) is 14.9. The number of rotatable bonds is 5. The second-order valence-electron chi connectivity index (χ2n) is 6.04. The van der Waals surface area contributed by atoms with Gasteiger partial charge in [0, 0.05) is 17.3 Å². The predicted molar refractivity (Wildman–Crippen MR) is 91.4 cm³/mol. The van der Waals surface area contributed by atoms with Crippen LogP contribution in [0.2, 0.25) is 0 Å². The first-order valence-electron chi connectivity index (χ1n) is 8.24. The van der Waals surface area contributed by atoms with Crippen LogP contribution in [0.25, 0.3) is 0 Å². The SMILES string of the molecule is O=C(CN(c1ccccc1)C1CCCCC1)c1ccccc1. The summed E-state index contributed by atoms with van der Waals surface area (Å²) in [5, 5.41) is 0. The van der Waals surface area contributed by atoms with Gasteiger partial charge in [-0.2, -0.15) is 0 Å². The lowest BCUT2D eigenvalue weighted by atomic mass is 9.93. The zero-order chi connectivity index (χ0) is 15.2. The summed E-state index contributed by atoms with van der Waals surface area (Å²) in [5.41, 5.74) is 1.97. The maximum Gasteiger partial charge on any atom is 0.182 e. The third-order valence-electron chi connectivity index (χ3n) is 4.51. The molecule has 0 atom stereocenters. The number of para-hydroxylation sites is 1. The van der Waals surface area contributed by atoms with Crippen LogP contribution in [-0.2, 0) is 0 Å². The van der Waals surface area contributed by atoms with Crippen LogP contribution in [-0.4, -0.2) is 18.4 Å². The highest BCUT2D eigenvalue weighted by Gasteiger charge is 2.23. The van der Waals surface area contributed by atoms with E-state index >= 15 is 0 Å². The molecule has 1 fully saturated rings. The standard InChI is InChI=1S/C20H23NO/c22-20(17-10-4-1-5-11-17)16-21(18-12-6-2-7-13-18)19-14-8-3-9-15-19/h1-2,4-7,10-13,19H,3,8-9,14-16H2. The molecule has 0 heterocycles. The van der Waals surface area contributed by atoms with E-state index in [4.69, 9.17) is 0 Å². The summed E-state index contributed by atoms with van der Waals surface area (Å²) in [6.07, 6.45) is 6.25. The van der Waals surface area contributed by atoms with Crippen molar-refractivity contribution in [2.24, 2.45) is 0 Å². The summed E-state index contributed by atoms with van der Waals surface area (Å²) in [7, 11) is 0. The summed E-state index contributed by atoms with van der Waals surface area (Å²) >= 11 is 0. The van der Waals surface area contributed by atoms with E-state index in [9.17, 15) is 4.79 Å². The molecule has 22 heavy (non-hydrogen) atoms. The van der Waals surface area contributed by atoms with Crippen molar-refractivity contribution in [2.75, 3.05) is 11.4 Å². The molecule has 1 saturated carbocycles. The van der Waals surface area contributed by atoms with Crippen molar-refractivity contribution in [3.05, 3.63) is 66.2 Å². The quantitative estimate of drug-likeness (QED) is 0.744. The van der Waals surface area contributed by atoms with E-state index in [1.807, 2.05) is 36.4 Å². The fourth-order valence-corrected chi connectivity index (χ4v) is 3.31. The Labute approximate surface area is 132 Å². The zero-order valence-corrected chi connectivity index (χ0v) is 12.9. The van der Waals surface area contributed by atoms with Gasteiger partial charge in [-0.15, -0.1) is 0 Å². The van der Waals surface area contributed by atoms with Crippen LogP contribution in [0.15, 0.2) is 60.7 Å². The van der Waals surface area contributed by atoms with Crippen LogP contribution < -0.4 is 4.90 Å². The topological polar surface area (TPSA) is 20.3 Å². The third kappa shape index (κ3) is 3.56. The fourth-order valence-electron chi connectivity index (χ4n) is 3.31. The number of carbonyl (C=O) groups excluding carboxylic acids is 1. The van der Waals surface area contributed by atoms with Gasteiger partial charge in [-0.3, -0.25) is 4.79 Å². The van der Waals surface area contributed by atoms with Crippen molar-refractivity contribution in [1.82, 2.24) is 0 Å². The van der Waals surface area contributed by atoms with Crippen LogP contribution in [0.3, 0.4) is 0 Å². The van der Waals surface area contributed by atoms with Crippen molar-refractivity contribution in [2.45, 2.75) is 38.1 Å². The molecule has 114 valence electrons. The molecule has 0 aromatic heterocycles. The maximum absolute atomic E-state index is 12.6. The van der Waals surface area contributed by atoms with Gasteiger partial charge >= 0.3 is 0 Å². The van der Waals surface area contributed by atoms with Crippen molar-refractivity contribution >= 4 is 11.5 Å². The first kappa shape index (κ1) is 14.8. The average molecular weight is 293 g/mol. The highest BCUT2D eigenvalue weighted by Crippen LogP contribution is 2.27. The predicted octanol–water partition coefficient (Wildman–Crippen LogP) is 4.71. The van der Waals surface area contributed by atoms with E-state index in [2.05, 4.69) is 29.2 Å². The molecule has 0 radical (unpaired) electrons. The van der Waals surface area contributed by atoms with Crippen LogP contribution in [0.1, 0.15) is 42.5 Å². The van der Waals surface area contributed by atoms with Gasteiger partial charge in [0.2, 0.25) is 0 Å². The molecule has 2 aromatic carbocycles. The molecule has 0 unspecified atom stereocenters. The number of anilines is 1. The monoisotopic (exact) mass is 293 g/mol. The zero-order valence-electron chi connectivity index (χ0n) is 12.9. The van der Waals surface area contributed by atoms with Gasteiger partial charge in [0.05, 0.1) is 6.54 Å². The van der Waals surface area contributed by atoms with Crippen molar-refractivity contribution < 1.29 is 4.79 Å². The second kappa shape index (κ2) is 7.26. The van der Waals surface area contributed by atoms with Gasteiger partial charge < -0.3 is 4.90 Å². The van der Waals surface area contributed by atoms with Crippen molar-refractivity contribution in [3.63, 3.8) is 0 Å². The molecule has 0 N–H and O–H groups in total. The number of nitrogens with zero attached hydrogens (tertiary/aromatic N) is 1. The normalized spacial score (nSPS) is 15.5. The van der Waals surface area contributed by atoms with Gasteiger partial charge in [-0.25, -0.2) is 0 Å². The molecule has 0 amide bonds. The Bertz CT molecular complexity index is 588. The molecule has 3 rings (SSSR count). The lowest BCUT2D eigenvalue weighted by molar-refractivity contribution is 0.0995. The van der Waals surface area contributed by atoms with Crippen LogP contribution >= 0.6 is 0 Å². The molecule has 0 bridgehead atoms. The minimum atomic E-state index is 0.204. The number of hydrogen-bond acceptors (Lipinski definition) is 2. The van der Waals surface area contributed by atoms with E-state index < -0.39 is 0 Å². The summed E-state index contributed by atoms with van der Waals surface area (Å²) in [6.45, 7) is 0.471. The van der Waals surface area contributed by atoms with E-state index in [-0.39, 0.29) is 5.78 Å². The average Bonchev–Trinajstić information content (AvgIpc) is 2.62. The van der Waals surface area contributed by atoms with Gasteiger partial charge in [0.15, 0.2) is 5.78 Å². The highest BCUT2D eigenvalue weighted by molar-refractivity contribution is 5.99. The molecule has 1 aliphatic rings. The first-order chi connectivity index (χ1) is 10.8. The number of Topliss-reactive ketones (excluding diaryl/α,β-unsaturated/α-hetero) is 1.